The maximum Gasteiger partial charge on any atom is 0.317 e. The molecule has 0 aliphatic heterocycles. The lowest BCUT2D eigenvalue weighted by molar-refractivity contribution is -0.137. The largest absolute Gasteiger partial charge is 0.481 e. The molecule has 2 N–H and O–H groups in total. The van der Waals surface area contributed by atoms with E-state index in [4.69, 9.17) is 9.84 Å². The highest BCUT2D eigenvalue weighted by Gasteiger charge is 2.21. The fourth-order valence-corrected chi connectivity index (χ4v) is 2.10. The lowest BCUT2D eigenvalue weighted by atomic mass is 10.1. The summed E-state index contributed by atoms with van der Waals surface area (Å²) in [7, 11) is 1.61. The second-order valence-corrected chi connectivity index (χ2v) is 5.05. The van der Waals surface area contributed by atoms with Gasteiger partial charge in [0.25, 0.3) is 0 Å². The van der Waals surface area contributed by atoms with Gasteiger partial charge < -0.3 is 20.1 Å². The number of carboxylic acid groups (broad SMARTS) is 1. The van der Waals surface area contributed by atoms with E-state index in [1.807, 2.05) is 20.8 Å². The van der Waals surface area contributed by atoms with Gasteiger partial charge >= 0.3 is 12.0 Å². The molecule has 0 saturated heterocycles. The van der Waals surface area contributed by atoms with Crippen LogP contribution >= 0.6 is 0 Å². The highest BCUT2D eigenvalue weighted by atomic mass is 16.5. The number of aliphatic carboxylic acids is 1. The first-order valence-electron chi connectivity index (χ1n) is 7.21. The molecule has 0 aliphatic rings. The number of amides is 2. The van der Waals surface area contributed by atoms with Gasteiger partial charge in [-0.15, -0.1) is 0 Å². The van der Waals surface area contributed by atoms with E-state index in [1.165, 1.54) is 0 Å². The fourth-order valence-electron chi connectivity index (χ4n) is 2.10. The van der Waals surface area contributed by atoms with E-state index in [-0.39, 0.29) is 24.4 Å². The Kier molecular flexibility index (Phi) is 9.80. The van der Waals surface area contributed by atoms with Gasteiger partial charge in [-0.2, -0.15) is 0 Å². The molecule has 0 saturated carbocycles. The molecule has 0 heterocycles. The number of nitrogens with zero attached hydrogens (tertiary/aromatic N) is 1. The molecule has 2 amide bonds. The molecular weight excluding hydrogens is 260 g/mol. The van der Waals surface area contributed by atoms with Crippen LogP contribution in [0.1, 0.15) is 40.0 Å². The summed E-state index contributed by atoms with van der Waals surface area (Å²) >= 11 is 0. The first-order chi connectivity index (χ1) is 9.46. The van der Waals surface area contributed by atoms with E-state index < -0.39 is 5.97 Å². The fraction of sp³-hybridized carbons (Fsp3) is 0.857. The normalized spacial score (nSPS) is 12.2. The van der Waals surface area contributed by atoms with E-state index in [0.29, 0.717) is 19.7 Å². The zero-order chi connectivity index (χ0) is 15.5. The van der Waals surface area contributed by atoms with E-state index in [0.717, 1.165) is 12.8 Å². The Morgan fingerprint density at radius 2 is 1.90 bits per heavy atom. The standard InChI is InChI=1S/C14H28N2O4/c1-5-12(6-2)16(7-8-20-4)14(19)15-10-11(3)9-13(17)18/h11-12H,5-10H2,1-4H3,(H,15,19)(H,17,18). The SMILES string of the molecule is CCC(CC)N(CCOC)C(=O)NCC(C)CC(=O)O. The second kappa shape index (κ2) is 10.5. The summed E-state index contributed by atoms with van der Waals surface area (Å²) in [5.41, 5.74) is 0. The van der Waals surface area contributed by atoms with Gasteiger partial charge in [-0.05, 0) is 18.8 Å². The molecule has 0 bridgehead atoms. The number of nitrogens with one attached hydrogen (secondary N) is 1. The number of carbonyl (C=O) groups excluding carboxylic acids is 1. The Morgan fingerprint density at radius 3 is 2.35 bits per heavy atom. The Balaban J connectivity index is 4.42. The van der Waals surface area contributed by atoms with E-state index in [2.05, 4.69) is 5.32 Å². The van der Waals surface area contributed by atoms with E-state index >= 15 is 0 Å². The second-order valence-electron chi connectivity index (χ2n) is 5.05. The number of hydrogen-bond donors (Lipinski definition) is 2. The van der Waals surface area contributed by atoms with Crippen LogP contribution in [0.15, 0.2) is 0 Å². The monoisotopic (exact) mass is 288 g/mol. The Morgan fingerprint density at radius 1 is 1.30 bits per heavy atom. The average molecular weight is 288 g/mol. The molecule has 0 aromatic carbocycles. The lowest BCUT2D eigenvalue weighted by Gasteiger charge is -2.30. The van der Waals surface area contributed by atoms with Crippen LogP contribution in [-0.4, -0.2) is 54.9 Å². The topological polar surface area (TPSA) is 78.9 Å². The third-order valence-corrected chi connectivity index (χ3v) is 3.31. The van der Waals surface area contributed by atoms with Crippen LogP contribution in [0, 0.1) is 5.92 Å². The predicted octanol–water partition coefficient (Wildman–Crippen LogP) is 1.94. The number of ether oxygens (including phenoxy) is 1. The molecule has 1 unspecified atom stereocenters. The quantitative estimate of drug-likeness (QED) is 0.644. The van der Waals surface area contributed by atoms with Gasteiger partial charge in [0.05, 0.1) is 6.61 Å². The summed E-state index contributed by atoms with van der Waals surface area (Å²) in [6.45, 7) is 7.32. The Bertz CT molecular complexity index is 293. The number of carbonyl (C=O) groups is 2. The van der Waals surface area contributed by atoms with Crippen LogP contribution in [-0.2, 0) is 9.53 Å². The Labute approximate surface area is 121 Å². The number of hydrogen-bond acceptors (Lipinski definition) is 3. The van der Waals surface area contributed by atoms with Crippen molar-refractivity contribution in [2.24, 2.45) is 5.92 Å². The molecule has 0 aliphatic carbocycles. The van der Waals surface area contributed by atoms with Crippen molar-refractivity contribution in [3.05, 3.63) is 0 Å². The molecular formula is C14H28N2O4. The van der Waals surface area contributed by atoms with Crippen molar-refractivity contribution in [2.45, 2.75) is 46.1 Å². The first-order valence-corrected chi connectivity index (χ1v) is 7.21. The molecule has 0 radical (unpaired) electrons. The minimum absolute atomic E-state index is 0.0589. The van der Waals surface area contributed by atoms with Crippen LogP contribution in [0.25, 0.3) is 0 Å². The molecule has 6 heteroatoms. The summed E-state index contributed by atoms with van der Waals surface area (Å²) in [6, 6.07) is 0.0351. The molecule has 0 rings (SSSR count). The summed E-state index contributed by atoms with van der Waals surface area (Å²) in [6.07, 6.45) is 1.83. The molecule has 20 heavy (non-hydrogen) atoms. The lowest BCUT2D eigenvalue weighted by Crippen LogP contribution is -2.48. The minimum Gasteiger partial charge on any atom is -0.481 e. The third kappa shape index (κ3) is 7.33. The van der Waals surface area contributed by atoms with Crippen molar-refractivity contribution >= 4 is 12.0 Å². The average Bonchev–Trinajstić information content (AvgIpc) is 2.40. The van der Waals surface area contributed by atoms with Gasteiger partial charge in [0.15, 0.2) is 0 Å². The van der Waals surface area contributed by atoms with Crippen molar-refractivity contribution in [2.75, 3.05) is 26.8 Å². The van der Waals surface area contributed by atoms with Gasteiger partial charge in [0.2, 0.25) is 0 Å². The van der Waals surface area contributed by atoms with Crippen molar-refractivity contribution in [1.82, 2.24) is 10.2 Å². The summed E-state index contributed by atoms with van der Waals surface area (Å²) in [5.74, 6) is -0.926. The maximum absolute atomic E-state index is 12.2. The van der Waals surface area contributed by atoms with Crippen molar-refractivity contribution in [3.8, 4) is 0 Å². The first kappa shape index (κ1) is 18.7. The predicted molar refractivity (Wildman–Crippen MR) is 77.8 cm³/mol. The van der Waals surface area contributed by atoms with Gasteiger partial charge in [-0.1, -0.05) is 20.8 Å². The van der Waals surface area contributed by atoms with Crippen LogP contribution in [0.4, 0.5) is 4.79 Å². The number of rotatable bonds is 10. The van der Waals surface area contributed by atoms with Gasteiger partial charge in [-0.25, -0.2) is 4.79 Å². The number of urea groups is 1. The van der Waals surface area contributed by atoms with Gasteiger partial charge in [-0.3, -0.25) is 4.79 Å². The summed E-state index contributed by atoms with van der Waals surface area (Å²) < 4.78 is 5.04. The van der Waals surface area contributed by atoms with E-state index in [1.54, 1.807) is 12.0 Å². The minimum atomic E-state index is -0.844. The maximum atomic E-state index is 12.2. The molecule has 1 atom stereocenters. The van der Waals surface area contributed by atoms with E-state index in [9.17, 15) is 9.59 Å². The molecule has 118 valence electrons. The third-order valence-electron chi connectivity index (χ3n) is 3.31. The smallest absolute Gasteiger partial charge is 0.317 e. The zero-order valence-electron chi connectivity index (χ0n) is 13.0. The van der Waals surface area contributed by atoms with Crippen molar-refractivity contribution in [1.29, 1.82) is 0 Å². The van der Waals surface area contributed by atoms with Crippen LogP contribution in [0.3, 0.4) is 0 Å². The number of carboxylic acids is 1. The molecule has 0 aromatic rings. The summed E-state index contributed by atoms with van der Waals surface area (Å²) in [5, 5.41) is 11.5. The van der Waals surface area contributed by atoms with Crippen LogP contribution < -0.4 is 5.32 Å². The molecule has 0 aromatic heterocycles. The summed E-state index contributed by atoms with van der Waals surface area (Å²) in [4.78, 5) is 24.6. The molecule has 0 spiro atoms. The highest BCUT2D eigenvalue weighted by Crippen LogP contribution is 2.09. The zero-order valence-corrected chi connectivity index (χ0v) is 13.0. The van der Waals surface area contributed by atoms with Crippen molar-refractivity contribution in [3.63, 3.8) is 0 Å². The van der Waals surface area contributed by atoms with Crippen molar-refractivity contribution < 1.29 is 19.4 Å². The highest BCUT2D eigenvalue weighted by molar-refractivity contribution is 5.74. The van der Waals surface area contributed by atoms with Gasteiger partial charge in [0.1, 0.15) is 0 Å². The number of methoxy groups -OCH3 is 1. The van der Waals surface area contributed by atoms with Crippen LogP contribution in [0.5, 0.6) is 0 Å². The van der Waals surface area contributed by atoms with Crippen LogP contribution in [0.2, 0.25) is 0 Å². The molecule has 6 nitrogen and oxygen atoms in total. The Hall–Kier alpha value is -1.30. The van der Waals surface area contributed by atoms with Gasteiger partial charge in [0, 0.05) is 32.7 Å². The molecule has 0 fully saturated rings.